The van der Waals surface area contributed by atoms with Crippen LogP contribution in [0.5, 0.6) is 0 Å². The molecule has 0 aliphatic heterocycles. The Bertz CT molecular complexity index is 1270. The Balaban J connectivity index is 1.72. The summed E-state index contributed by atoms with van der Waals surface area (Å²) in [5.74, 6) is 6.07. The third kappa shape index (κ3) is 2.32. The summed E-state index contributed by atoms with van der Waals surface area (Å²) in [4.78, 5) is 0. The van der Waals surface area contributed by atoms with Crippen molar-refractivity contribution in [2.24, 2.45) is 0 Å². The van der Waals surface area contributed by atoms with Crippen molar-refractivity contribution >= 4 is 32.3 Å². The number of aliphatic hydroxyl groups is 1. The van der Waals surface area contributed by atoms with Crippen LogP contribution in [0.15, 0.2) is 84.9 Å². The minimum absolute atomic E-state index is 0.820. The fourth-order valence-corrected chi connectivity index (χ4v) is 3.75. The van der Waals surface area contributed by atoms with E-state index in [1.807, 2.05) is 36.4 Å². The van der Waals surface area contributed by atoms with E-state index in [0.717, 1.165) is 16.5 Å². The van der Waals surface area contributed by atoms with Crippen LogP contribution in [0.25, 0.3) is 32.3 Å². The Hall–Kier alpha value is -3.34. The third-order valence-electron chi connectivity index (χ3n) is 4.98. The van der Waals surface area contributed by atoms with Gasteiger partial charge in [0.1, 0.15) is 6.10 Å². The molecule has 0 aliphatic rings. The number of benzene rings is 5. The van der Waals surface area contributed by atoms with Gasteiger partial charge in [-0.1, -0.05) is 84.6 Å². The molecule has 26 heavy (non-hydrogen) atoms. The van der Waals surface area contributed by atoms with Gasteiger partial charge in [0.05, 0.1) is 0 Å². The molecule has 0 spiro atoms. The van der Waals surface area contributed by atoms with Gasteiger partial charge in [-0.2, -0.15) is 0 Å². The Labute approximate surface area is 151 Å². The molecule has 5 rings (SSSR count). The van der Waals surface area contributed by atoms with Gasteiger partial charge in [0.15, 0.2) is 0 Å². The van der Waals surface area contributed by atoms with E-state index < -0.39 is 6.10 Å². The fraction of sp³-hybridized carbons (Fsp3) is 0.0400. The molecule has 5 aromatic rings. The van der Waals surface area contributed by atoms with Crippen LogP contribution >= 0.6 is 0 Å². The molecular formula is C25H16O. The highest BCUT2D eigenvalue weighted by atomic mass is 16.3. The lowest BCUT2D eigenvalue weighted by molar-refractivity contribution is 0.240. The van der Waals surface area contributed by atoms with Gasteiger partial charge in [0, 0.05) is 11.1 Å². The molecule has 5 aromatic carbocycles. The summed E-state index contributed by atoms with van der Waals surface area (Å²) in [6.07, 6.45) is -0.820. The van der Waals surface area contributed by atoms with Gasteiger partial charge in [-0.3, -0.25) is 0 Å². The fourth-order valence-electron chi connectivity index (χ4n) is 3.75. The average molecular weight is 332 g/mol. The summed E-state index contributed by atoms with van der Waals surface area (Å²) in [7, 11) is 0. The van der Waals surface area contributed by atoms with Crippen LogP contribution in [0, 0.1) is 11.8 Å². The average Bonchev–Trinajstić information content (AvgIpc) is 2.71. The minimum atomic E-state index is -0.820. The second-order valence-corrected chi connectivity index (χ2v) is 6.55. The van der Waals surface area contributed by atoms with E-state index in [0.29, 0.717) is 0 Å². The van der Waals surface area contributed by atoms with E-state index in [9.17, 15) is 5.11 Å². The molecule has 1 nitrogen and oxygen atoms in total. The number of rotatable bonds is 1. The van der Waals surface area contributed by atoms with Crippen LogP contribution in [0.2, 0.25) is 0 Å². The summed E-state index contributed by atoms with van der Waals surface area (Å²) < 4.78 is 0. The van der Waals surface area contributed by atoms with Crippen LogP contribution in [0.4, 0.5) is 0 Å². The Kier molecular flexibility index (Phi) is 3.38. The van der Waals surface area contributed by atoms with Crippen LogP contribution in [0.3, 0.4) is 0 Å². The molecule has 0 radical (unpaired) electrons. The number of aliphatic hydroxyl groups excluding tert-OH is 1. The first-order valence-electron chi connectivity index (χ1n) is 8.72. The monoisotopic (exact) mass is 332 g/mol. The topological polar surface area (TPSA) is 20.2 Å². The van der Waals surface area contributed by atoms with Crippen molar-refractivity contribution in [1.82, 2.24) is 0 Å². The summed E-state index contributed by atoms with van der Waals surface area (Å²) in [6, 6.07) is 28.7. The second kappa shape index (κ2) is 5.88. The molecule has 0 saturated heterocycles. The molecule has 0 aliphatic carbocycles. The molecule has 0 aromatic heterocycles. The van der Waals surface area contributed by atoms with Gasteiger partial charge in [-0.25, -0.2) is 0 Å². The molecular weight excluding hydrogens is 316 g/mol. The standard InChI is InChI=1S/C25H16O/c26-23(16-9-17-5-2-1-3-6-17)21-14-12-20-11-10-18-7-4-8-19-13-15-22(21)25(20)24(18)19/h1-8,10-15,23,26H. The number of hydrogen-bond donors (Lipinski definition) is 1. The van der Waals surface area contributed by atoms with E-state index in [2.05, 4.69) is 60.4 Å². The zero-order chi connectivity index (χ0) is 17.5. The third-order valence-corrected chi connectivity index (χ3v) is 4.98. The normalized spacial score (nSPS) is 12.3. The minimum Gasteiger partial charge on any atom is -0.376 e. The highest BCUT2D eigenvalue weighted by molar-refractivity contribution is 6.23. The quantitative estimate of drug-likeness (QED) is 0.310. The van der Waals surface area contributed by atoms with Crippen molar-refractivity contribution in [2.45, 2.75) is 6.10 Å². The lowest BCUT2D eigenvalue weighted by Gasteiger charge is -2.14. The highest BCUT2D eigenvalue weighted by Gasteiger charge is 2.14. The van der Waals surface area contributed by atoms with Crippen LogP contribution in [-0.2, 0) is 0 Å². The molecule has 0 amide bonds. The molecule has 0 fully saturated rings. The van der Waals surface area contributed by atoms with E-state index in [-0.39, 0.29) is 0 Å². The lowest BCUT2D eigenvalue weighted by atomic mass is 9.90. The van der Waals surface area contributed by atoms with Crippen LogP contribution in [0.1, 0.15) is 17.2 Å². The first-order valence-corrected chi connectivity index (χ1v) is 8.72. The molecule has 1 N–H and O–H groups in total. The Morgan fingerprint density at radius 1 is 0.615 bits per heavy atom. The summed E-state index contributed by atoms with van der Waals surface area (Å²) in [5.41, 5.74) is 1.77. The predicted octanol–water partition coefficient (Wildman–Crippen LogP) is 5.67. The molecule has 0 heterocycles. The summed E-state index contributed by atoms with van der Waals surface area (Å²) >= 11 is 0. The van der Waals surface area contributed by atoms with Crippen molar-refractivity contribution in [1.29, 1.82) is 0 Å². The summed E-state index contributed by atoms with van der Waals surface area (Å²) in [5, 5.41) is 17.9. The molecule has 1 unspecified atom stereocenters. The SMILES string of the molecule is OC(C#Cc1ccccc1)c1ccc2ccc3cccc4ccc1c2c34. The number of hydrogen-bond acceptors (Lipinski definition) is 1. The van der Waals surface area contributed by atoms with Gasteiger partial charge >= 0.3 is 0 Å². The van der Waals surface area contributed by atoms with Gasteiger partial charge in [0.25, 0.3) is 0 Å². The van der Waals surface area contributed by atoms with Crippen LogP contribution in [-0.4, -0.2) is 5.11 Å². The summed E-state index contributed by atoms with van der Waals surface area (Å²) in [6.45, 7) is 0. The van der Waals surface area contributed by atoms with Crippen molar-refractivity contribution < 1.29 is 5.11 Å². The van der Waals surface area contributed by atoms with E-state index >= 15 is 0 Å². The van der Waals surface area contributed by atoms with Gasteiger partial charge in [0.2, 0.25) is 0 Å². The van der Waals surface area contributed by atoms with Crippen molar-refractivity contribution in [3.8, 4) is 11.8 Å². The maximum Gasteiger partial charge on any atom is 0.141 e. The first-order chi connectivity index (χ1) is 12.8. The molecule has 1 heteroatoms. The van der Waals surface area contributed by atoms with Gasteiger partial charge in [-0.05, 0) is 44.5 Å². The van der Waals surface area contributed by atoms with E-state index in [4.69, 9.17) is 0 Å². The van der Waals surface area contributed by atoms with Crippen molar-refractivity contribution in [3.05, 3.63) is 96.1 Å². The van der Waals surface area contributed by atoms with Crippen molar-refractivity contribution in [2.75, 3.05) is 0 Å². The maximum atomic E-state index is 10.7. The smallest absolute Gasteiger partial charge is 0.141 e. The predicted molar refractivity (Wildman–Crippen MR) is 108 cm³/mol. The second-order valence-electron chi connectivity index (χ2n) is 6.55. The first kappa shape index (κ1) is 15.0. The highest BCUT2D eigenvalue weighted by Crippen LogP contribution is 2.37. The Morgan fingerprint density at radius 3 is 2.04 bits per heavy atom. The molecule has 0 bridgehead atoms. The lowest BCUT2D eigenvalue weighted by Crippen LogP contribution is -1.96. The molecule has 1 atom stereocenters. The largest absolute Gasteiger partial charge is 0.376 e. The van der Waals surface area contributed by atoms with E-state index in [1.165, 1.54) is 26.9 Å². The van der Waals surface area contributed by atoms with E-state index in [1.54, 1.807) is 0 Å². The Morgan fingerprint density at radius 2 is 1.27 bits per heavy atom. The van der Waals surface area contributed by atoms with Crippen molar-refractivity contribution in [3.63, 3.8) is 0 Å². The molecule has 122 valence electrons. The van der Waals surface area contributed by atoms with Gasteiger partial charge < -0.3 is 5.11 Å². The molecule has 0 saturated carbocycles. The maximum absolute atomic E-state index is 10.7. The zero-order valence-electron chi connectivity index (χ0n) is 14.1. The van der Waals surface area contributed by atoms with Crippen LogP contribution < -0.4 is 0 Å². The van der Waals surface area contributed by atoms with Gasteiger partial charge in [-0.15, -0.1) is 0 Å². The zero-order valence-corrected chi connectivity index (χ0v) is 14.1.